The van der Waals surface area contributed by atoms with Crippen molar-refractivity contribution < 1.29 is 28.0 Å². The van der Waals surface area contributed by atoms with E-state index in [4.69, 9.17) is 5.21 Å². The monoisotopic (exact) mass is 499 g/mol. The molecule has 0 radical (unpaired) electrons. The zero-order valence-electron chi connectivity index (χ0n) is 20.0. The summed E-state index contributed by atoms with van der Waals surface area (Å²) in [5.74, 6) is -1.46. The van der Waals surface area contributed by atoms with E-state index in [1.54, 1.807) is 56.7 Å². The molecule has 2 amide bonds. The largest absolute Gasteiger partial charge is 0.416 e. The second-order valence-corrected chi connectivity index (χ2v) is 9.16. The standard InChI is InChI=1S/C25H24F3N5O3/c1-13-5-19(8-15-9-20(23(35)32-36)14(2)30-21(13)15)31-22(34)16-6-17(10-18(7-16)25(26,27)28)24(3)11-29-33(4)12-24/h5-11,36H,12H2,1-4H3,(H,31,34)(H,32,35). The van der Waals surface area contributed by atoms with Gasteiger partial charge in [-0.2, -0.15) is 18.3 Å². The van der Waals surface area contributed by atoms with E-state index in [2.05, 4.69) is 15.4 Å². The van der Waals surface area contributed by atoms with Crippen molar-refractivity contribution in [1.29, 1.82) is 0 Å². The average molecular weight is 499 g/mol. The van der Waals surface area contributed by atoms with Gasteiger partial charge in [0.2, 0.25) is 0 Å². The molecule has 3 aromatic rings. The first-order valence-corrected chi connectivity index (χ1v) is 11.0. The van der Waals surface area contributed by atoms with Gasteiger partial charge in [0.25, 0.3) is 11.8 Å². The topological polar surface area (TPSA) is 107 Å². The Morgan fingerprint density at radius 1 is 1.08 bits per heavy atom. The summed E-state index contributed by atoms with van der Waals surface area (Å²) in [7, 11) is 1.72. The number of nitrogens with one attached hydrogen (secondary N) is 2. The van der Waals surface area contributed by atoms with Crippen LogP contribution in [0.4, 0.5) is 18.9 Å². The lowest BCUT2D eigenvalue weighted by Gasteiger charge is -2.24. The van der Waals surface area contributed by atoms with Crippen LogP contribution in [0.15, 0.2) is 41.5 Å². The highest BCUT2D eigenvalue weighted by Crippen LogP contribution is 2.35. The number of aryl methyl sites for hydroxylation is 2. The van der Waals surface area contributed by atoms with Crippen molar-refractivity contribution in [1.82, 2.24) is 15.5 Å². The van der Waals surface area contributed by atoms with Crippen molar-refractivity contribution in [3.05, 3.63) is 69.9 Å². The molecule has 1 aliphatic heterocycles. The molecule has 0 aliphatic carbocycles. The van der Waals surface area contributed by atoms with Gasteiger partial charge in [-0.25, -0.2) is 5.48 Å². The molecule has 1 atom stereocenters. The van der Waals surface area contributed by atoms with Crippen LogP contribution >= 0.6 is 0 Å². The second-order valence-electron chi connectivity index (χ2n) is 9.16. The molecule has 0 saturated carbocycles. The van der Waals surface area contributed by atoms with Crippen molar-refractivity contribution in [2.45, 2.75) is 32.4 Å². The number of benzene rings is 2. The predicted molar refractivity (Wildman–Crippen MR) is 128 cm³/mol. The molecule has 0 spiro atoms. The fraction of sp³-hybridized carbons (Fsp3) is 0.280. The molecule has 4 rings (SSSR count). The predicted octanol–water partition coefficient (Wildman–Crippen LogP) is 4.43. The third-order valence-electron chi connectivity index (χ3n) is 6.18. The van der Waals surface area contributed by atoms with Gasteiger partial charge in [-0.3, -0.25) is 24.8 Å². The van der Waals surface area contributed by atoms with E-state index >= 15 is 0 Å². The number of hydrazone groups is 1. The van der Waals surface area contributed by atoms with Crippen molar-refractivity contribution in [3.63, 3.8) is 0 Å². The van der Waals surface area contributed by atoms with Crippen molar-refractivity contribution >= 4 is 34.6 Å². The number of hydroxylamine groups is 1. The number of alkyl halides is 3. The molecule has 1 aliphatic rings. The maximum absolute atomic E-state index is 13.7. The zero-order chi connectivity index (χ0) is 26.4. The Balaban J connectivity index is 1.73. The number of fused-ring (bicyclic) bond motifs is 1. The normalized spacial score (nSPS) is 17.5. The van der Waals surface area contributed by atoms with Crippen molar-refractivity contribution in [2.75, 3.05) is 18.9 Å². The lowest BCUT2D eigenvalue weighted by Crippen LogP contribution is -2.30. The van der Waals surface area contributed by atoms with Crippen LogP contribution in [0.25, 0.3) is 10.9 Å². The number of nitrogens with zero attached hydrogens (tertiary/aromatic N) is 3. The number of halogens is 3. The number of amides is 2. The van der Waals surface area contributed by atoms with Crippen molar-refractivity contribution in [3.8, 4) is 0 Å². The minimum atomic E-state index is -4.64. The number of anilines is 1. The Hall–Kier alpha value is -3.99. The summed E-state index contributed by atoms with van der Waals surface area (Å²) in [6, 6.07) is 8.04. The SMILES string of the molecule is Cc1nc2c(C)cc(NC(=O)c3cc(C(F)(F)F)cc(C4(C)C=NN(C)C4)c3)cc2cc1C(=O)NO. The number of hydrogen-bond acceptors (Lipinski definition) is 6. The van der Waals surface area contributed by atoms with Crippen LogP contribution in [0.2, 0.25) is 0 Å². The number of pyridine rings is 1. The summed E-state index contributed by atoms with van der Waals surface area (Å²) in [6.07, 6.45) is -3.07. The third kappa shape index (κ3) is 4.74. The Morgan fingerprint density at radius 3 is 2.42 bits per heavy atom. The number of aromatic nitrogens is 1. The molecule has 36 heavy (non-hydrogen) atoms. The van der Waals surface area contributed by atoms with E-state index in [1.165, 1.54) is 12.1 Å². The number of carbonyl (C=O) groups is 2. The Kier molecular flexibility index (Phi) is 6.21. The first-order valence-electron chi connectivity index (χ1n) is 11.0. The van der Waals surface area contributed by atoms with Crippen LogP contribution in [0, 0.1) is 13.8 Å². The van der Waals surface area contributed by atoms with E-state index in [9.17, 15) is 22.8 Å². The third-order valence-corrected chi connectivity index (χ3v) is 6.18. The number of likely N-dealkylation sites (N-methyl/N-ethyl adjacent to an activating group) is 1. The van der Waals surface area contributed by atoms with Gasteiger partial charge < -0.3 is 5.32 Å². The molecule has 188 valence electrons. The van der Waals surface area contributed by atoms with Crippen LogP contribution < -0.4 is 10.8 Å². The summed E-state index contributed by atoms with van der Waals surface area (Å²) < 4.78 is 41.1. The second kappa shape index (κ2) is 8.90. The van der Waals surface area contributed by atoms with E-state index in [0.717, 1.165) is 12.1 Å². The molecule has 1 unspecified atom stereocenters. The molecule has 8 nitrogen and oxygen atoms in total. The highest BCUT2D eigenvalue weighted by Gasteiger charge is 2.36. The summed E-state index contributed by atoms with van der Waals surface area (Å²) >= 11 is 0. The van der Waals surface area contributed by atoms with Gasteiger partial charge in [-0.1, -0.05) is 0 Å². The van der Waals surface area contributed by atoms with E-state index in [0.29, 0.717) is 40.0 Å². The average Bonchev–Trinajstić information content (AvgIpc) is 3.17. The number of hydrogen-bond donors (Lipinski definition) is 3. The Labute approximate surface area is 204 Å². The maximum atomic E-state index is 13.7. The summed E-state index contributed by atoms with van der Waals surface area (Å²) in [6.45, 7) is 5.52. The van der Waals surface area contributed by atoms with E-state index < -0.39 is 29.0 Å². The molecule has 11 heteroatoms. The van der Waals surface area contributed by atoms with Crippen LogP contribution in [0.5, 0.6) is 0 Å². The summed E-state index contributed by atoms with van der Waals surface area (Å²) in [5.41, 5.74) is 2.15. The quantitative estimate of drug-likeness (QED) is 0.364. The molecule has 3 N–H and O–H groups in total. The van der Waals surface area contributed by atoms with Gasteiger partial charge in [0.05, 0.1) is 28.9 Å². The maximum Gasteiger partial charge on any atom is 0.416 e. The van der Waals surface area contributed by atoms with Crippen LogP contribution in [0.1, 0.15) is 50.0 Å². The molecule has 0 bridgehead atoms. The lowest BCUT2D eigenvalue weighted by molar-refractivity contribution is -0.137. The van der Waals surface area contributed by atoms with Crippen LogP contribution in [-0.2, 0) is 11.6 Å². The fourth-order valence-corrected chi connectivity index (χ4v) is 4.32. The molecule has 0 fully saturated rings. The van der Waals surface area contributed by atoms with Crippen LogP contribution in [-0.4, -0.2) is 46.8 Å². The molecule has 0 saturated heterocycles. The van der Waals surface area contributed by atoms with Crippen LogP contribution in [0.3, 0.4) is 0 Å². The van der Waals surface area contributed by atoms with E-state index in [-0.39, 0.29) is 11.1 Å². The number of rotatable bonds is 4. The molecule has 2 aromatic carbocycles. The van der Waals surface area contributed by atoms with Gasteiger partial charge in [-0.05, 0) is 68.3 Å². The molecule has 1 aromatic heterocycles. The zero-order valence-corrected chi connectivity index (χ0v) is 20.0. The lowest BCUT2D eigenvalue weighted by atomic mass is 9.82. The smallest absolute Gasteiger partial charge is 0.322 e. The highest BCUT2D eigenvalue weighted by atomic mass is 19.4. The number of carbonyl (C=O) groups excluding carboxylic acids is 2. The van der Waals surface area contributed by atoms with E-state index in [1.807, 2.05) is 0 Å². The minimum absolute atomic E-state index is 0.145. The fourth-order valence-electron chi connectivity index (χ4n) is 4.32. The van der Waals surface area contributed by atoms with Gasteiger partial charge in [-0.15, -0.1) is 0 Å². The summed E-state index contributed by atoms with van der Waals surface area (Å²) in [4.78, 5) is 29.5. The summed E-state index contributed by atoms with van der Waals surface area (Å²) in [5, 5.41) is 17.9. The molecule has 2 heterocycles. The minimum Gasteiger partial charge on any atom is -0.322 e. The highest BCUT2D eigenvalue weighted by molar-refractivity contribution is 6.06. The molecular weight excluding hydrogens is 475 g/mol. The Morgan fingerprint density at radius 2 is 1.81 bits per heavy atom. The van der Waals surface area contributed by atoms with Gasteiger partial charge in [0.1, 0.15) is 0 Å². The van der Waals surface area contributed by atoms with Gasteiger partial charge >= 0.3 is 6.18 Å². The van der Waals surface area contributed by atoms with Gasteiger partial charge in [0, 0.05) is 35.3 Å². The van der Waals surface area contributed by atoms with Gasteiger partial charge in [0.15, 0.2) is 0 Å². The first-order chi connectivity index (χ1) is 16.8. The first kappa shape index (κ1) is 25.1. The molecular formula is C25H24F3N5O3. The van der Waals surface area contributed by atoms with Crippen molar-refractivity contribution in [2.24, 2.45) is 5.10 Å². The Bertz CT molecular complexity index is 1420.